The number of carbonyl (C=O) groups is 1. The van der Waals surface area contributed by atoms with Crippen molar-refractivity contribution >= 4 is 28.6 Å². The highest BCUT2D eigenvalue weighted by atomic mass is 32.1. The van der Waals surface area contributed by atoms with E-state index in [4.69, 9.17) is 23.9 Å². The molecule has 9 heteroatoms. The lowest BCUT2D eigenvalue weighted by Crippen LogP contribution is -2.25. The van der Waals surface area contributed by atoms with Gasteiger partial charge in [0.15, 0.2) is 22.9 Å². The number of amides is 1. The monoisotopic (exact) mass is 501 g/mol. The summed E-state index contributed by atoms with van der Waals surface area (Å²) < 4.78 is 24.3. The Balaban J connectivity index is 1.42. The van der Waals surface area contributed by atoms with Crippen molar-refractivity contribution in [2.75, 3.05) is 25.3 Å². The van der Waals surface area contributed by atoms with Gasteiger partial charge in [0.05, 0.1) is 30.2 Å². The van der Waals surface area contributed by atoms with E-state index in [0.717, 1.165) is 44.6 Å². The average Bonchev–Trinajstić information content (AvgIpc) is 3.52. The lowest BCUT2D eigenvalue weighted by atomic mass is 10.1. The molecule has 0 aliphatic carbocycles. The second-order valence-corrected chi connectivity index (χ2v) is 9.10. The number of nitrogens with one attached hydrogen (secondary N) is 1. The Morgan fingerprint density at radius 1 is 1.00 bits per heavy atom. The van der Waals surface area contributed by atoms with Crippen molar-refractivity contribution in [1.82, 2.24) is 4.57 Å². The average molecular weight is 502 g/mol. The van der Waals surface area contributed by atoms with E-state index in [9.17, 15) is 4.79 Å². The van der Waals surface area contributed by atoms with Crippen LogP contribution >= 0.6 is 11.3 Å². The summed E-state index contributed by atoms with van der Waals surface area (Å²) in [6.07, 6.45) is 0. The summed E-state index contributed by atoms with van der Waals surface area (Å²) in [5.41, 5.74) is 4.48. The molecule has 4 aromatic rings. The molecule has 0 spiro atoms. The number of thiazole rings is 1. The maximum atomic E-state index is 11.9. The van der Waals surface area contributed by atoms with Gasteiger partial charge < -0.3 is 28.8 Å². The molecule has 1 amide bonds. The van der Waals surface area contributed by atoms with Crippen LogP contribution in [0.4, 0.5) is 11.4 Å². The van der Waals surface area contributed by atoms with Crippen LogP contribution in [0.15, 0.2) is 71.0 Å². The Bertz CT molecular complexity index is 1510. The predicted octanol–water partition coefficient (Wildman–Crippen LogP) is 4.96. The Kier molecular flexibility index (Phi) is 5.82. The van der Waals surface area contributed by atoms with Crippen LogP contribution in [-0.2, 0) is 11.3 Å². The molecule has 3 heterocycles. The Hall–Kier alpha value is -4.24. The lowest BCUT2D eigenvalue weighted by molar-refractivity contribution is -0.118. The van der Waals surface area contributed by atoms with Gasteiger partial charge in [0, 0.05) is 10.9 Å². The first-order valence-electron chi connectivity index (χ1n) is 11.6. The molecule has 0 atom stereocenters. The molecule has 36 heavy (non-hydrogen) atoms. The van der Waals surface area contributed by atoms with Gasteiger partial charge in [-0.15, -0.1) is 11.3 Å². The predicted molar refractivity (Wildman–Crippen MR) is 136 cm³/mol. The fraction of sp³-hybridized carbons (Fsp3) is 0.185. The molecule has 2 aliphatic rings. The van der Waals surface area contributed by atoms with Gasteiger partial charge in [-0.2, -0.15) is 0 Å². The molecule has 0 bridgehead atoms. The molecular weight excluding hydrogens is 478 g/mol. The minimum atomic E-state index is -0.163. The summed E-state index contributed by atoms with van der Waals surface area (Å²) >= 11 is 1.55. The number of rotatable bonds is 6. The normalized spacial score (nSPS) is 14.2. The number of anilines is 1. The minimum absolute atomic E-state index is 0.0278. The number of ether oxygens (including phenoxy) is 4. The summed E-state index contributed by atoms with van der Waals surface area (Å²) in [6.45, 7) is 3.41. The van der Waals surface area contributed by atoms with Gasteiger partial charge in [-0.05, 0) is 67.1 Å². The summed E-state index contributed by atoms with van der Waals surface area (Å²) in [5, 5.41) is 4.97. The zero-order chi connectivity index (χ0) is 24.5. The maximum absolute atomic E-state index is 11.9. The molecule has 6 rings (SSSR count). The highest BCUT2D eigenvalue weighted by Gasteiger charge is 2.19. The molecule has 0 saturated carbocycles. The highest BCUT2D eigenvalue weighted by molar-refractivity contribution is 7.07. The van der Waals surface area contributed by atoms with Crippen molar-refractivity contribution in [3.05, 3.63) is 76.4 Å². The third-order valence-electron chi connectivity index (χ3n) is 5.86. The summed E-state index contributed by atoms with van der Waals surface area (Å²) in [5.74, 6) is 2.80. The number of aromatic nitrogens is 1. The molecule has 0 saturated heterocycles. The van der Waals surface area contributed by atoms with Crippen LogP contribution in [0.25, 0.3) is 11.3 Å². The highest BCUT2D eigenvalue weighted by Crippen LogP contribution is 2.35. The van der Waals surface area contributed by atoms with Crippen LogP contribution in [0.1, 0.15) is 12.5 Å². The lowest BCUT2D eigenvalue weighted by Gasteiger charge is -2.19. The Morgan fingerprint density at radius 3 is 2.69 bits per heavy atom. The van der Waals surface area contributed by atoms with Crippen LogP contribution in [0.2, 0.25) is 0 Å². The van der Waals surface area contributed by atoms with E-state index in [2.05, 4.69) is 15.3 Å². The molecule has 2 aliphatic heterocycles. The van der Waals surface area contributed by atoms with E-state index < -0.39 is 0 Å². The molecule has 182 valence electrons. The summed E-state index contributed by atoms with van der Waals surface area (Å²) in [6, 6.07) is 19.5. The Labute approximate surface area is 211 Å². The number of hydrogen-bond donors (Lipinski definition) is 1. The molecule has 1 aromatic heterocycles. The molecule has 0 fully saturated rings. The van der Waals surface area contributed by atoms with Gasteiger partial charge in [-0.1, -0.05) is 6.07 Å². The van der Waals surface area contributed by atoms with E-state index in [1.54, 1.807) is 11.3 Å². The fourth-order valence-corrected chi connectivity index (χ4v) is 5.09. The summed E-state index contributed by atoms with van der Waals surface area (Å²) in [4.78, 5) is 17.6. The molecule has 8 nitrogen and oxygen atoms in total. The first-order valence-corrected chi connectivity index (χ1v) is 12.5. The van der Waals surface area contributed by atoms with Crippen molar-refractivity contribution < 1.29 is 23.7 Å². The van der Waals surface area contributed by atoms with E-state index in [-0.39, 0.29) is 19.3 Å². The second kappa shape index (κ2) is 9.43. The molecular formula is C27H23N3O5S. The number of carbonyl (C=O) groups excluding carboxylic acids is 1. The van der Waals surface area contributed by atoms with Gasteiger partial charge in [0.2, 0.25) is 6.79 Å². The van der Waals surface area contributed by atoms with Crippen molar-refractivity contribution in [2.24, 2.45) is 4.99 Å². The quantitative estimate of drug-likeness (QED) is 0.404. The topological polar surface area (TPSA) is 83.3 Å². The van der Waals surface area contributed by atoms with E-state index in [1.165, 1.54) is 0 Å². The second-order valence-electron chi connectivity index (χ2n) is 8.26. The Morgan fingerprint density at radius 2 is 1.83 bits per heavy atom. The number of benzene rings is 3. The number of nitrogens with zero attached hydrogens (tertiary/aromatic N) is 2. The SMILES string of the molecule is CCOc1ccc(N=c2scc(-c3ccc4c(c3)NC(=O)CO4)n2Cc2ccc3c(c2)OCO3)cc1. The van der Waals surface area contributed by atoms with Crippen LogP contribution < -0.4 is 29.1 Å². The van der Waals surface area contributed by atoms with Crippen molar-refractivity contribution in [3.8, 4) is 34.3 Å². The van der Waals surface area contributed by atoms with Gasteiger partial charge in [-0.3, -0.25) is 4.79 Å². The van der Waals surface area contributed by atoms with E-state index >= 15 is 0 Å². The number of hydrogen-bond acceptors (Lipinski definition) is 7. The maximum Gasteiger partial charge on any atom is 0.262 e. The van der Waals surface area contributed by atoms with Crippen LogP contribution in [0.3, 0.4) is 0 Å². The molecule has 1 N–H and O–H groups in total. The van der Waals surface area contributed by atoms with Crippen LogP contribution in [0.5, 0.6) is 23.0 Å². The third-order valence-corrected chi connectivity index (χ3v) is 6.72. The zero-order valence-electron chi connectivity index (χ0n) is 19.5. The van der Waals surface area contributed by atoms with Crippen LogP contribution in [-0.4, -0.2) is 30.5 Å². The van der Waals surface area contributed by atoms with Crippen molar-refractivity contribution in [1.29, 1.82) is 0 Å². The molecule has 0 unspecified atom stereocenters. The van der Waals surface area contributed by atoms with Gasteiger partial charge in [0.1, 0.15) is 11.5 Å². The minimum Gasteiger partial charge on any atom is -0.494 e. The first kappa shape index (κ1) is 22.2. The van der Waals surface area contributed by atoms with Crippen molar-refractivity contribution in [3.63, 3.8) is 0 Å². The molecule has 0 radical (unpaired) electrons. The zero-order valence-corrected chi connectivity index (χ0v) is 20.3. The molecule has 3 aromatic carbocycles. The van der Waals surface area contributed by atoms with Gasteiger partial charge in [0.25, 0.3) is 5.91 Å². The van der Waals surface area contributed by atoms with Crippen LogP contribution in [0, 0.1) is 0 Å². The first-order chi connectivity index (χ1) is 17.7. The van der Waals surface area contributed by atoms with Gasteiger partial charge >= 0.3 is 0 Å². The fourth-order valence-electron chi connectivity index (χ4n) is 4.16. The third kappa shape index (κ3) is 4.40. The van der Waals surface area contributed by atoms with E-state index in [1.807, 2.05) is 67.6 Å². The largest absolute Gasteiger partial charge is 0.494 e. The van der Waals surface area contributed by atoms with E-state index in [0.29, 0.717) is 24.6 Å². The van der Waals surface area contributed by atoms with Crippen molar-refractivity contribution in [2.45, 2.75) is 13.5 Å². The van der Waals surface area contributed by atoms with Gasteiger partial charge in [-0.25, -0.2) is 4.99 Å². The summed E-state index contributed by atoms with van der Waals surface area (Å²) in [7, 11) is 0. The standard InChI is InChI=1S/C27H23N3O5S/c1-2-32-20-7-5-19(6-8-20)28-27-30(13-17-3-9-24-25(11-17)35-16-34-24)22(15-36-27)18-4-10-23-21(12-18)29-26(31)14-33-23/h3-12,15H,2,13-14,16H2,1H3,(H,29,31). The smallest absolute Gasteiger partial charge is 0.262 e. The number of fused-ring (bicyclic) bond motifs is 2.